The fourth-order valence-electron chi connectivity index (χ4n) is 3.48. The number of hydrogen-bond acceptors (Lipinski definition) is 6. The van der Waals surface area contributed by atoms with Crippen molar-refractivity contribution in [2.45, 2.75) is 18.8 Å². The van der Waals surface area contributed by atoms with Crippen LogP contribution < -0.4 is 9.64 Å². The van der Waals surface area contributed by atoms with E-state index < -0.39 is 0 Å². The van der Waals surface area contributed by atoms with Gasteiger partial charge in [0.25, 0.3) is 0 Å². The maximum Gasteiger partial charge on any atom is 0.140 e. The molecule has 1 saturated heterocycles. The fourth-order valence-corrected chi connectivity index (χ4v) is 4.47. The van der Waals surface area contributed by atoms with Gasteiger partial charge in [0.15, 0.2) is 0 Å². The lowest BCUT2D eigenvalue weighted by atomic mass is 9.97. The van der Waals surface area contributed by atoms with Crippen molar-refractivity contribution in [2.75, 3.05) is 25.1 Å². The molecular formula is C21H20N4OS. The number of anilines is 1. The molecule has 27 heavy (non-hydrogen) atoms. The van der Waals surface area contributed by atoms with Gasteiger partial charge in [-0.15, -0.1) is 11.3 Å². The number of rotatable bonds is 4. The molecule has 1 fully saturated rings. The predicted octanol–water partition coefficient (Wildman–Crippen LogP) is 4.47. The summed E-state index contributed by atoms with van der Waals surface area (Å²) in [5.74, 6) is 1.35. The first kappa shape index (κ1) is 17.5. The van der Waals surface area contributed by atoms with Crippen LogP contribution in [0.3, 0.4) is 0 Å². The van der Waals surface area contributed by atoms with Crippen LogP contribution in [0.2, 0.25) is 0 Å². The van der Waals surface area contributed by atoms with E-state index in [0.717, 1.165) is 48.6 Å². The largest absolute Gasteiger partial charge is 0.496 e. The Kier molecular flexibility index (Phi) is 5.03. The molecule has 0 bridgehead atoms. The molecule has 0 unspecified atom stereocenters. The molecule has 0 saturated carbocycles. The van der Waals surface area contributed by atoms with Gasteiger partial charge >= 0.3 is 0 Å². The van der Waals surface area contributed by atoms with Gasteiger partial charge in [-0.3, -0.25) is 0 Å². The molecule has 2 aromatic heterocycles. The molecule has 0 atom stereocenters. The van der Waals surface area contributed by atoms with Gasteiger partial charge in [-0.2, -0.15) is 5.26 Å². The standard InChI is InChI=1S/C21H20N4OS/c1-26-20-5-3-2-4-18(20)19-14-27-21(24-19)15-8-10-25(11-9-15)17-7-6-16(12-22)23-13-17/h2-7,13-15H,8-11H2,1H3. The van der Waals surface area contributed by atoms with Gasteiger partial charge in [-0.05, 0) is 37.1 Å². The molecule has 1 aliphatic heterocycles. The molecule has 3 aromatic rings. The van der Waals surface area contributed by atoms with Crippen molar-refractivity contribution < 1.29 is 4.74 Å². The number of pyridine rings is 1. The smallest absolute Gasteiger partial charge is 0.140 e. The number of para-hydroxylation sites is 1. The summed E-state index contributed by atoms with van der Waals surface area (Å²) in [5, 5.41) is 12.2. The van der Waals surface area contributed by atoms with E-state index in [1.807, 2.05) is 24.3 Å². The van der Waals surface area contributed by atoms with Crippen molar-refractivity contribution in [3.8, 4) is 23.1 Å². The average molecular weight is 376 g/mol. The van der Waals surface area contributed by atoms with E-state index in [4.69, 9.17) is 15.0 Å². The minimum atomic E-state index is 0.459. The first-order valence-corrected chi connectivity index (χ1v) is 9.86. The zero-order chi connectivity index (χ0) is 18.6. The molecule has 0 N–H and O–H groups in total. The Morgan fingerprint density at radius 1 is 1.19 bits per heavy atom. The SMILES string of the molecule is COc1ccccc1-c1csc(C2CCN(c3ccc(C#N)nc3)CC2)n1. The molecule has 4 rings (SSSR count). The number of nitriles is 1. The van der Waals surface area contributed by atoms with Crippen molar-refractivity contribution in [3.63, 3.8) is 0 Å². The van der Waals surface area contributed by atoms with Crippen LogP contribution in [0.25, 0.3) is 11.3 Å². The van der Waals surface area contributed by atoms with E-state index in [-0.39, 0.29) is 0 Å². The first-order chi connectivity index (χ1) is 13.3. The van der Waals surface area contributed by atoms with Gasteiger partial charge in [-0.25, -0.2) is 9.97 Å². The fraction of sp³-hybridized carbons (Fsp3) is 0.286. The van der Waals surface area contributed by atoms with E-state index in [2.05, 4.69) is 27.4 Å². The summed E-state index contributed by atoms with van der Waals surface area (Å²) in [4.78, 5) is 11.4. The van der Waals surface area contributed by atoms with E-state index in [1.54, 1.807) is 30.7 Å². The number of methoxy groups -OCH3 is 1. The Balaban J connectivity index is 1.44. The van der Waals surface area contributed by atoms with Crippen LogP contribution in [0.4, 0.5) is 5.69 Å². The Hall–Kier alpha value is -2.91. The number of nitrogens with zero attached hydrogens (tertiary/aromatic N) is 4. The third-order valence-electron chi connectivity index (χ3n) is 4.98. The number of piperidine rings is 1. The number of aromatic nitrogens is 2. The molecule has 0 aliphatic carbocycles. The number of ether oxygens (including phenoxy) is 1. The van der Waals surface area contributed by atoms with Gasteiger partial charge in [-0.1, -0.05) is 12.1 Å². The summed E-state index contributed by atoms with van der Waals surface area (Å²) in [6.07, 6.45) is 3.93. The van der Waals surface area contributed by atoms with Crippen molar-refractivity contribution in [1.82, 2.24) is 9.97 Å². The van der Waals surface area contributed by atoms with Gasteiger partial charge in [0, 0.05) is 30.0 Å². The Morgan fingerprint density at radius 2 is 2.00 bits per heavy atom. The van der Waals surface area contributed by atoms with Gasteiger partial charge in [0.2, 0.25) is 0 Å². The number of hydrogen-bond donors (Lipinski definition) is 0. The highest BCUT2D eigenvalue weighted by molar-refractivity contribution is 7.10. The van der Waals surface area contributed by atoms with Crippen molar-refractivity contribution in [2.24, 2.45) is 0 Å². The highest BCUT2D eigenvalue weighted by Gasteiger charge is 2.24. The van der Waals surface area contributed by atoms with Crippen LogP contribution in [-0.4, -0.2) is 30.2 Å². The zero-order valence-electron chi connectivity index (χ0n) is 15.1. The maximum absolute atomic E-state index is 8.88. The second-order valence-corrected chi connectivity index (χ2v) is 7.44. The number of benzene rings is 1. The lowest BCUT2D eigenvalue weighted by Gasteiger charge is -2.32. The molecule has 6 heteroatoms. The molecule has 3 heterocycles. The predicted molar refractivity (Wildman–Crippen MR) is 107 cm³/mol. The average Bonchev–Trinajstić information content (AvgIpc) is 3.24. The number of thiazole rings is 1. The van der Waals surface area contributed by atoms with E-state index >= 15 is 0 Å². The molecule has 136 valence electrons. The van der Waals surface area contributed by atoms with Gasteiger partial charge in [0.1, 0.15) is 17.5 Å². The van der Waals surface area contributed by atoms with E-state index in [0.29, 0.717) is 11.6 Å². The zero-order valence-corrected chi connectivity index (χ0v) is 15.9. The normalized spacial score (nSPS) is 14.7. The summed E-state index contributed by atoms with van der Waals surface area (Å²) in [6.45, 7) is 1.95. The topological polar surface area (TPSA) is 62.0 Å². The monoisotopic (exact) mass is 376 g/mol. The maximum atomic E-state index is 8.88. The minimum Gasteiger partial charge on any atom is -0.496 e. The van der Waals surface area contributed by atoms with Crippen molar-refractivity contribution >= 4 is 17.0 Å². The van der Waals surface area contributed by atoms with Crippen LogP contribution in [0.1, 0.15) is 29.5 Å². The third-order valence-corrected chi connectivity index (χ3v) is 5.98. The summed E-state index contributed by atoms with van der Waals surface area (Å²) in [5.41, 5.74) is 3.58. The highest BCUT2D eigenvalue weighted by atomic mass is 32.1. The Labute approximate surface area is 162 Å². The van der Waals surface area contributed by atoms with E-state index in [9.17, 15) is 0 Å². The molecule has 0 radical (unpaired) electrons. The molecular weight excluding hydrogens is 356 g/mol. The van der Waals surface area contributed by atoms with Crippen LogP contribution in [0, 0.1) is 11.3 Å². The Morgan fingerprint density at radius 3 is 2.70 bits per heavy atom. The third kappa shape index (κ3) is 3.64. The molecule has 0 spiro atoms. The van der Waals surface area contributed by atoms with Crippen LogP contribution in [0.5, 0.6) is 5.75 Å². The van der Waals surface area contributed by atoms with E-state index in [1.165, 1.54) is 5.01 Å². The summed E-state index contributed by atoms with van der Waals surface area (Å²) in [7, 11) is 1.69. The van der Waals surface area contributed by atoms with Crippen LogP contribution in [-0.2, 0) is 0 Å². The molecule has 5 nitrogen and oxygen atoms in total. The quantitative estimate of drug-likeness (QED) is 0.672. The lowest BCUT2D eigenvalue weighted by Crippen LogP contribution is -2.32. The highest BCUT2D eigenvalue weighted by Crippen LogP contribution is 2.36. The van der Waals surface area contributed by atoms with Crippen LogP contribution in [0.15, 0.2) is 48.0 Å². The first-order valence-electron chi connectivity index (χ1n) is 8.98. The van der Waals surface area contributed by atoms with Gasteiger partial charge in [0.05, 0.1) is 29.7 Å². The summed E-state index contributed by atoms with van der Waals surface area (Å²) < 4.78 is 5.47. The lowest BCUT2D eigenvalue weighted by molar-refractivity contribution is 0.416. The van der Waals surface area contributed by atoms with Crippen molar-refractivity contribution in [3.05, 3.63) is 58.7 Å². The molecule has 1 aliphatic rings. The summed E-state index contributed by atoms with van der Waals surface area (Å²) >= 11 is 1.74. The van der Waals surface area contributed by atoms with Gasteiger partial charge < -0.3 is 9.64 Å². The Bertz CT molecular complexity index is 953. The minimum absolute atomic E-state index is 0.459. The van der Waals surface area contributed by atoms with Crippen LogP contribution >= 0.6 is 11.3 Å². The second kappa shape index (κ2) is 7.77. The van der Waals surface area contributed by atoms with Crippen molar-refractivity contribution in [1.29, 1.82) is 5.26 Å². The second-order valence-electron chi connectivity index (χ2n) is 6.55. The molecule has 0 amide bonds. The molecule has 1 aromatic carbocycles. The summed E-state index contributed by atoms with van der Waals surface area (Å²) in [6, 6.07) is 13.8.